The van der Waals surface area contributed by atoms with Crippen molar-refractivity contribution in [3.8, 4) is 11.5 Å². The normalized spacial score (nSPS) is 10.7. The van der Waals surface area contributed by atoms with Gasteiger partial charge < -0.3 is 10.5 Å². The van der Waals surface area contributed by atoms with E-state index >= 15 is 0 Å². The minimum Gasteiger partial charge on any atom is -0.457 e. The Morgan fingerprint density at radius 1 is 1.24 bits per heavy atom. The quantitative estimate of drug-likeness (QED) is 0.485. The van der Waals surface area contributed by atoms with Crippen molar-refractivity contribution in [3.63, 3.8) is 0 Å². The summed E-state index contributed by atoms with van der Waals surface area (Å²) in [5, 5.41) is 10.9. The van der Waals surface area contributed by atoms with E-state index in [2.05, 4.69) is 29.8 Å². The fourth-order valence-electron chi connectivity index (χ4n) is 1.96. The molecule has 0 bridgehead atoms. The van der Waals surface area contributed by atoms with Crippen molar-refractivity contribution >= 4 is 27.3 Å². The zero-order valence-corrected chi connectivity index (χ0v) is 13.3. The molecule has 110 valence electrons. The number of benzene rings is 2. The van der Waals surface area contributed by atoms with Crippen molar-refractivity contribution < 1.29 is 9.66 Å². The van der Waals surface area contributed by atoms with E-state index in [0.717, 1.165) is 10.0 Å². The summed E-state index contributed by atoms with van der Waals surface area (Å²) in [5.74, 6) is 1.27. The average Bonchev–Trinajstić information content (AvgIpc) is 2.40. The van der Waals surface area contributed by atoms with E-state index in [-0.39, 0.29) is 11.6 Å². The van der Waals surface area contributed by atoms with Gasteiger partial charge in [-0.3, -0.25) is 10.1 Å². The molecule has 2 aromatic rings. The standard InChI is InChI=1S/C15H15BrN2O3/c1-9(2)14-5-10(16)3-4-15(14)21-13-7-11(17)6-12(8-13)18(19)20/h3-9H,17H2,1-2H3. The van der Waals surface area contributed by atoms with Crippen LogP contribution >= 0.6 is 15.9 Å². The van der Waals surface area contributed by atoms with E-state index in [1.807, 2.05) is 18.2 Å². The molecule has 0 aromatic heterocycles. The fourth-order valence-corrected chi connectivity index (χ4v) is 2.34. The summed E-state index contributed by atoms with van der Waals surface area (Å²) in [6, 6.07) is 9.90. The number of nitrogen functional groups attached to an aromatic ring is 1. The summed E-state index contributed by atoms with van der Waals surface area (Å²) >= 11 is 3.43. The molecular formula is C15H15BrN2O3. The monoisotopic (exact) mass is 350 g/mol. The van der Waals surface area contributed by atoms with Crippen molar-refractivity contribution in [2.75, 3.05) is 5.73 Å². The number of nitro groups is 1. The topological polar surface area (TPSA) is 78.4 Å². The van der Waals surface area contributed by atoms with Gasteiger partial charge in [-0.25, -0.2) is 0 Å². The molecule has 2 rings (SSSR count). The lowest BCUT2D eigenvalue weighted by Gasteiger charge is -2.14. The van der Waals surface area contributed by atoms with E-state index in [4.69, 9.17) is 10.5 Å². The van der Waals surface area contributed by atoms with Gasteiger partial charge in [-0.05, 0) is 29.7 Å². The van der Waals surface area contributed by atoms with E-state index < -0.39 is 4.92 Å². The Balaban J connectivity index is 2.40. The zero-order valence-electron chi connectivity index (χ0n) is 11.7. The summed E-state index contributed by atoms with van der Waals surface area (Å²) in [7, 11) is 0. The zero-order chi connectivity index (χ0) is 15.6. The Morgan fingerprint density at radius 3 is 2.57 bits per heavy atom. The fraction of sp³-hybridized carbons (Fsp3) is 0.200. The lowest BCUT2D eigenvalue weighted by atomic mass is 10.0. The van der Waals surface area contributed by atoms with E-state index in [9.17, 15) is 10.1 Å². The molecule has 5 nitrogen and oxygen atoms in total. The first-order valence-corrected chi connectivity index (χ1v) is 7.18. The van der Waals surface area contributed by atoms with Crippen LogP contribution in [0.5, 0.6) is 11.5 Å². The summed E-state index contributed by atoms with van der Waals surface area (Å²) in [5.41, 5.74) is 6.89. The molecule has 2 aromatic carbocycles. The van der Waals surface area contributed by atoms with Crippen LogP contribution in [0, 0.1) is 10.1 Å². The van der Waals surface area contributed by atoms with Crippen LogP contribution in [0.25, 0.3) is 0 Å². The number of nitrogens with zero attached hydrogens (tertiary/aromatic N) is 1. The van der Waals surface area contributed by atoms with E-state index in [1.165, 1.54) is 12.1 Å². The van der Waals surface area contributed by atoms with Crippen LogP contribution in [0.3, 0.4) is 0 Å². The second-order valence-electron chi connectivity index (χ2n) is 4.96. The maximum Gasteiger partial charge on any atom is 0.275 e. The summed E-state index contributed by atoms with van der Waals surface area (Å²) < 4.78 is 6.75. The molecule has 0 saturated heterocycles. The van der Waals surface area contributed by atoms with Crippen LogP contribution in [-0.2, 0) is 0 Å². The number of rotatable bonds is 4. The van der Waals surface area contributed by atoms with Crippen molar-refractivity contribution in [2.24, 2.45) is 0 Å². The summed E-state index contributed by atoms with van der Waals surface area (Å²) in [6.45, 7) is 4.10. The number of hydrogen-bond donors (Lipinski definition) is 1. The second kappa shape index (κ2) is 6.13. The summed E-state index contributed by atoms with van der Waals surface area (Å²) in [6.07, 6.45) is 0. The first-order valence-electron chi connectivity index (χ1n) is 6.39. The molecule has 21 heavy (non-hydrogen) atoms. The largest absolute Gasteiger partial charge is 0.457 e. The molecule has 2 N–H and O–H groups in total. The Morgan fingerprint density at radius 2 is 1.95 bits per heavy atom. The smallest absolute Gasteiger partial charge is 0.275 e. The third-order valence-electron chi connectivity index (χ3n) is 2.95. The lowest BCUT2D eigenvalue weighted by Crippen LogP contribution is -1.96. The Hall–Kier alpha value is -2.08. The number of non-ortho nitro benzene ring substituents is 1. The molecule has 0 heterocycles. The predicted octanol–water partition coefficient (Wildman–Crippen LogP) is 4.86. The van der Waals surface area contributed by atoms with Crippen LogP contribution in [-0.4, -0.2) is 4.92 Å². The van der Waals surface area contributed by atoms with E-state index in [0.29, 0.717) is 17.2 Å². The number of anilines is 1. The van der Waals surface area contributed by atoms with Gasteiger partial charge in [0.05, 0.1) is 11.0 Å². The van der Waals surface area contributed by atoms with Crippen molar-refractivity contribution in [1.82, 2.24) is 0 Å². The van der Waals surface area contributed by atoms with Crippen molar-refractivity contribution in [1.29, 1.82) is 0 Å². The number of hydrogen-bond acceptors (Lipinski definition) is 4. The van der Waals surface area contributed by atoms with Gasteiger partial charge in [-0.1, -0.05) is 29.8 Å². The van der Waals surface area contributed by atoms with Gasteiger partial charge in [0.2, 0.25) is 0 Å². The molecule has 0 aliphatic carbocycles. The van der Waals surface area contributed by atoms with Gasteiger partial charge in [0.1, 0.15) is 11.5 Å². The van der Waals surface area contributed by atoms with Crippen LogP contribution in [0.1, 0.15) is 25.3 Å². The van der Waals surface area contributed by atoms with Crippen LogP contribution in [0.4, 0.5) is 11.4 Å². The summed E-state index contributed by atoms with van der Waals surface area (Å²) in [4.78, 5) is 10.4. The highest BCUT2D eigenvalue weighted by Gasteiger charge is 2.13. The minimum atomic E-state index is -0.492. The van der Waals surface area contributed by atoms with Gasteiger partial charge in [-0.2, -0.15) is 0 Å². The van der Waals surface area contributed by atoms with Gasteiger partial charge in [0.25, 0.3) is 5.69 Å². The van der Waals surface area contributed by atoms with Crippen LogP contribution < -0.4 is 10.5 Å². The van der Waals surface area contributed by atoms with Crippen molar-refractivity contribution in [2.45, 2.75) is 19.8 Å². The van der Waals surface area contributed by atoms with Crippen LogP contribution in [0.2, 0.25) is 0 Å². The average molecular weight is 351 g/mol. The highest BCUT2D eigenvalue weighted by Crippen LogP contribution is 2.34. The molecule has 0 atom stereocenters. The van der Waals surface area contributed by atoms with Crippen LogP contribution in [0.15, 0.2) is 40.9 Å². The van der Waals surface area contributed by atoms with Gasteiger partial charge in [-0.15, -0.1) is 0 Å². The lowest BCUT2D eigenvalue weighted by molar-refractivity contribution is -0.384. The Labute approximate surface area is 131 Å². The van der Waals surface area contributed by atoms with Crippen molar-refractivity contribution in [3.05, 3.63) is 56.5 Å². The number of ether oxygens (including phenoxy) is 1. The first kappa shape index (κ1) is 15.3. The predicted molar refractivity (Wildman–Crippen MR) is 85.8 cm³/mol. The Bertz CT molecular complexity index is 687. The van der Waals surface area contributed by atoms with Gasteiger partial charge in [0.15, 0.2) is 0 Å². The number of halogens is 1. The molecule has 0 saturated carbocycles. The molecule has 0 aliphatic heterocycles. The van der Waals surface area contributed by atoms with E-state index in [1.54, 1.807) is 6.07 Å². The molecule has 0 fully saturated rings. The molecular weight excluding hydrogens is 336 g/mol. The van der Waals surface area contributed by atoms with Gasteiger partial charge >= 0.3 is 0 Å². The molecule has 0 unspecified atom stereocenters. The molecule has 0 amide bonds. The molecule has 6 heteroatoms. The Kier molecular flexibility index (Phi) is 4.47. The SMILES string of the molecule is CC(C)c1cc(Br)ccc1Oc1cc(N)cc([N+](=O)[O-])c1. The maximum atomic E-state index is 10.9. The molecule has 0 radical (unpaired) electrons. The first-order chi connectivity index (χ1) is 9.86. The highest BCUT2D eigenvalue weighted by atomic mass is 79.9. The number of nitro benzene ring substituents is 1. The third-order valence-corrected chi connectivity index (χ3v) is 3.44. The highest BCUT2D eigenvalue weighted by molar-refractivity contribution is 9.10. The second-order valence-corrected chi connectivity index (χ2v) is 5.87. The third kappa shape index (κ3) is 3.72. The minimum absolute atomic E-state index is 0.0896. The van der Waals surface area contributed by atoms with Gasteiger partial charge in [0, 0.05) is 22.3 Å². The molecule has 0 aliphatic rings. The number of nitrogens with two attached hydrogens (primary N) is 1. The molecule has 0 spiro atoms. The maximum absolute atomic E-state index is 10.9.